The molecule has 0 saturated heterocycles. The fourth-order valence-corrected chi connectivity index (χ4v) is 6.73. The zero-order valence-electron chi connectivity index (χ0n) is 12.9. The summed E-state index contributed by atoms with van der Waals surface area (Å²) in [6.07, 6.45) is -1.95. The van der Waals surface area contributed by atoms with Crippen molar-refractivity contribution in [2.75, 3.05) is 0 Å². The van der Waals surface area contributed by atoms with Gasteiger partial charge in [-0.1, -0.05) is 13.0 Å². The van der Waals surface area contributed by atoms with E-state index in [0.717, 1.165) is 0 Å². The van der Waals surface area contributed by atoms with Crippen molar-refractivity contribution in [2.45, 2.75) is 47.4 Å². The second-order valence-corrected chi connectivity index (χ2v) is 9.90. The topological polar surface area (TPSA) is 94.6 Å². The van der Waals surface area contributed by atoms with Crippen molar-refractivity contribution < 1.29 is 52.7 Å². The van der Waals surface area contributed by atoms with Crippen LogP contribution >= 0.6 is 0 Å². The van der Waals surface area contributed by atoms with Crippen molar-refractivity contribution in [3.8, 4) is 0 Å². The second-order valence-electron chi connectivity index (χ2n) is 5.48. The van der Waals surface area contributed by atoms with Crippen LogP contribution in [0, 0.1) is 5.92 Å². The van der Waals surface area contributed by atoms with Gasteiger partial charge >= 0.3 is 17.0 Å². The van der Waals surface area contributed by atoms with E-state index in [4.69, 9.17) is 0 Å². The van der Waals surface area contributed by atoms with Crippen LogP contribution in [0.5, 0.6) is 0 Å². The normalized spacial score (nSPS) is 22.9. The van der Waals surface area contributed by atoms with E-state index in [0.29, 0.717) is 6.08 Å². The second kappa shape index (κ2) is 7.37. The van der Waals surface area contributed by atoms with Gasteiger partial charge in [0.15, 0.2) is 4.58 Å². The Hall–Kier alpha value is -1.31. The minimum Gasteiger partial charge on any atom is -0.459 e. The van der Waals surface area contributed by atoms with Crippen LogP contribution in [-0.2, 0) is 29.2 Å². The van der Waals surface area contributed by atoms with E-state index in [1.807, 2.05) is 0 Å². The van der Waals surface area contributed by atoms with Gasteiger partial charge in [0.2, 0.25) is 0 Å². The Balaban J connectivity index is 3.58. The Morgan fingerprint density at radius 1 is 0.962 bits per heavy atom. The molecule has 0 heterocycles. The van der Waals surface area contributed by atoms with Crippen molar-refractivity contribution >= 4 is 25.6 Å². The maximum atomic E-state index is 12.9. The summed E-state index contributed by atoms with van der Waals surface area (Å²) in [5.41, 5.74) is -12.5. The summed E-state index contributed by atoms with van der Waals surface area (Å²) in [6, 6.07) is 0. The van der Waals surface area contributed by atoms with Gasteiger partial charge in [0.25, 0.3) is 19.7 Å². The molecule has 0 aromatic rings. The Bertz CT molecular complexity index is 708. The number of rotatable bonds is 5. The van der Waals surface area contributed by atoms with E-state index < -0.39 is 59.7 Å². The van der Waals surface area contributed by atoms with Gasteiger partial charge in [0.05, 0.1) is 0 Å². The van der Waals surface area contributed by atoms with Crippen molar-refractivity contribution in [3.63, 3.8) is 0 Å². The number of hydrogen-bond acceptors (Lipinski definition) is 6. The van der Waals surface area contributed by atoms with Crippen LogP contribution in [0.1, 0.15) is 25.7 Å². The summed E-state index contributed by atoms with van der Waals surface area (Å²) in [5.74, 6) is -3.46. The van der Waals surface area contributed by atoms with E-state index in [9.17, 15) is 48.0 Å². The van der Waals surface area contributed by atoms with Gasteiger partial charge in [0, 0.05) is 12.0 Å². The number of carbonyl (C=O) groups excluding carboxylic acids is 1. The zero-order valence-corrected chi connectivity index (χ0v) is 14.5. The molecule has 1 aliphatic rings. The predicted molar refractivity (Wildman–Crippen MR) is 75.8 cm³/mol. The molecule has 2 atom stereocenters. The van der Waals surface area contributed by atoms with Gasteiger partial charge in [-0.25, -0.2) is 21.6 Å². The standard InChI is InChI=1S/C12H14F6O6S2/c1-2-9(19)24-8-6-4-3-5-7(8)10(25(20,21)11(13,14)15)26(22,23)12(16,17)18/h2,7-8,10H,1,3-6H2. The van der Waals surface area contributed by atoms with Crippen LogP contribution in [0.3, 0.4) is 0 Å². The van der Waals surface area contributed by atoms with Crippen molar-refractivity contribution in [1.82, 2.24) is 0 Å². The Morgan fingerprint density at radius 2 is 1.38 bits per heavy atom. The first-order valence-corrected chi connectivity index (χ1v) is 10.1. The Kier molecular flexibility index (Phi) is 6.44. The molecule has 1 fully saturated rings. The average Bonchev–Trinajstić information content (AvgIpc) is 2.46. The molecule has 6 nitrogen and oxygen atoms in total. The van der Waals surface area contributed by atoms with Crippen LogP contribution in [0.25, 0.3) is 0 Å². The third-order valence-electron chi connectivity index (χ3n) is 3.79. The molecule has 0 aromatic carbocycles. The fourth-order valence-electron chi connectivity index (χ4n) is 2.67. The zero-order chi connectivity index (χ0) is 20.6. The molecule has 0 aromatic heterocycles. The van der Waals surface area contributed by atoms with Gasteiger partial charge in [0.1, 0.15) is 6.10 Å². The van der Waals surface area contributed by atoms with E-state index in [-0.39, 0.29) is 19.3 Å². The maximum absolute atomic E-state index is 12.9. The Morgan fingerprint density at radius 3 is 1.77 bits per heavy atom. The molecule has 0 N–H and O–H groups in total. The van der Waals surface area contributed by atoms with E-state index in [2.05, 4.69) is 11.3 Å². The molecule has 152 valence electrons. The number of carbonyl (C=O) groups is 1. The lowest BCUT2D eigenvalue weighted by atomic mass is 9.87. The molecule has 0 radical (unpaired) electrons. The molecule has 14 heteroatoms. The molecule has 1 saturated carbocycles. The van der Waals surface area contributed by atoms with Crippen LogP contribution in [-0.4, -0.2) is 44.5 Å². The molecular weight excluding hydrogens is 418 g/mol. The molecular formula is C12H14F6O6S2. The first-order valence-electron chi connectivity index (χ1n) is 7.00. The maximum Gasteiger partial charge on any atom is 0.498 e. The molecule has 0 spiro atoms. The minimum absolute atomic E-state index is 0.0376. The minimum atomic E-state index is -6.78. The van der Waals surface area contributed by atoms with E-state index >= 15 is 0 Å². The number of esters is 1. The van der Waals surface area contributed by atoms with Crippen LogP contribution in [0.4, 0.5) is 26.3 Å². The first kappa shape index (κ1) is 22.7. The largest absolute Gasteiger partial charge is 0.498 e. The number of ether oxygens (including phenoxy) is 1. The third-order valence-corrected chi connectivity index (χ3v) is 8.53. The van der Waals surface area contributed by atoms with E-state index in [1.54, 1.807) is 0 Å². The highest BCUT2D eigenvalue weighted by Crippen LogP contribution is 2.44. The molecule has 1 aliphatic carbocycles. The van der Waals surface area contributed by atoms with Crippen molar-refractivity contribution in [1.29, 1.82) is 0 Å². The van der Waals surface area contributed by atoms with E-state index in [1.165, 1.54) is 0 Å². The van der Waals surface area contributed by atoms with Gasteiger partial charge in [-0.2, -0.15) is 26.3 Å². The van der Waals surface area contributed by atoms with Gasteiger partial charge in [-0.15, -0.1) is 0 Å². The Labute approximate surface area is 145 Å². The van der Waals surface area contributed by atoms with Gasteiger partial charge in [-0.3, -0.25) is 0 Å². The average molecular weight is 432 g/mol. The lowest BCUT2D eigenvalue weighted by molar-refractivity contribution is -0.147. The van der Waals surface area contributed by atoms with Crippen molar-refractivity contribution in [3.05, 3.63) is 12.7 Å². The van der Waals surface area contributed by atoms with Crippen LogP contribution in [0.2, 0.25) is 0 Å². The number of sulfone groups is 2. The number of hydrogen-bond donors (Lipinski definition) is 0. The molecule has 1 rings (SSSR count). The van der Waals surface area contributed by atoms with Gasteiger partial charge < -0.3 is 4.74 Å². The smallest absolute Gasteiger partial charge is 0.459 e. The molecule has 0 bridgehead atoms. The lowest BCUT2D eigenvalue weighted by Gasteiger charge is -2.35. The first-order chi connectivity index (χ1) is 11.6. The lowest BCUT2D eigenvalue weighted by Crippen LogP contribution is -2.53. The third kappa shape index (κ3) is 4.32. The summed E-state index contributed by atoms with van der Waals surface area (Å²) in [5, 5.41) is 0. The van der Waals surface area contributed by atoms with Crippen LogP contribution < -0.4 is 0 Å². The van der Waals surface area contributed by atoms with Gasteiger partial charge in [-0.05, 0) is 19.3 Å². The monoisotopic (exact) mass is 432 g/mol. The number of halogens is 6. The number of alkyl halides is 6. The summed E-state index contributed by atoms with van der Waals surface area (Å²) in [6.45, 7) is 3.00. The highest BCUT2D eigenvalue weighted by molar-refractivity contribution is 8.09. The summed E-state index contributed by atoms with van der Waals surface area (Å²) in [4.78, 5) is 11.3. The SMILES string of the molecule is C=CC(=O)OC1CCCCC1C(S(=O)(=O)C(F)(F)F)S(=O)(=O)C(F)(F)F. The summed E-state index contributed by atoms with van der Waals surface area (Å²) >= 11 is 0. The predicted octanol–water partition coefficient (Wildman–Crippen LogP) is 2.47. The molecule has 0 amide bonds. The fraction of sp³-hybridized carbons (Fsp3) is 0.750. The summed E-state index contributed by atoms with van der Waals surface area (Å²) in [7, 11) is -13.6. The molecule has 0 aliphatic heterocycles. The van der Waals surface area contributed by atoms with Crippen LogP contribution in [0.15, 0.2) is 12.7 Å². The van der Waals surface area contributed by atoms with Crippen molar-refractivity contribution in [2.24, 2.45) is 5.92 Å². The highest BCUT2D eigenvalue weighted by atomic mass is 32.3. The molecule has 26 heavy (non-hydrogen) atoms. The summed E-state index contributed by atoms with van der Waals surface area (Å²) < 4.78 is 125. The quantitative estimate of drug-likeness (QED) is 0.376. The highest BCUT2D eigenvalue weighted by Gasteiger charge is 2.66. The molecule has 2 unspecified atom stereocenters.